The smallest absolute Gasteiger partial charge is 0.337 e. The maximum atomic E-state index is 12.8. The van der Waals surface area contributed by atoms with Crippen LogP contribution in [0.25, 0.3) is 31.9 Å². The Morgan fingerprint density at radius 3 is 2.36 bits per heavy atom. The first-order valence-electron chi connectivity index (χ1n) is 12.7. The second-order valence-corrected chi connectivity index (χ2v) is 13.0. The van der Waals surface area contributed by atoms with Gasteiger partial charge in [0.05, 0.1) is 21.2 Å². The fraction of sp³-hybridized carbons (Fsp3) is 0.323. The molecule has 3 aromatic carbocycles. The summed E-state index contributed by atoms with van der Waals surface area (Å²) < 4.78 is 6.97. The van der Waals surface area contributed by atoms with Crippen LogP contribution >= 0.6 is 22.9 Å². The van der Waals surface area contributed by atoms with Crippen molar-refractivity contribution < 1.29 is 19.4 Å². The molecule has 1 aromatic heterocycles. The fourth-order valence-corrected chi connectivity index (χ4v) is 6.52. The second-order valence-electron chi connectivity index (χ2n) is 11.5. The topological polar surface area (TPSA) is 79.7 Å². The van der Waals surface area contributed by atoms with Gasteiger partial charge in [-0.1, -0.05) is 23.7 Å². The molecule has 0 radical (unpaired) electrons. The third-order valence-electron chi connectivity index (χ3n) is 7.14. The number of aromatic nitrogens is 1. The number of likely N-dealkylation sites (N-methyl/N-ethyl adjacent to an activating group) is 1. The summed E-state index contributed by atoms with van der Waals surface area (Å²) in [5.41, 5.74) is 5.23. The van der Waals surface area contributed by atoms with Crippen molar-refractivity contribution in [2.24, 2.45) is 0 Å². The highest BCUT2D eigenvalue weighted by Crippen LogP contribution is 2.46. The van der Waals surface area contributed by atoms with Gasteiger partial charge in [0.15, 0.2) is 6.10 Å². The van der Waals surface area contributed by atoms with Crippen molar-refractivity contribution in [1.29, 1.82) is 0 Å². The third kappa shape index (κ3) is 4.73. The lowest BCUT2D eigenvalue weighted by Crippen LogP contribution is -2.33. The number of ether oxygens (including phenoxy) is 1. The summed E-state index contributed by atoms with van der Waals surface area (Å²) in [5.74, 6) is -0.996. The molecule has 5 rings (SSSR count). The van der Waals surface area contributed by atoms with Crippen LogP contribution < -0.4 is 4.90 Å². The number of carbonyl (C=O) groups is 2. The molecule has 1 atom stereocenters. The number of rotatable bonds is 5. The number of hydrogen-bond acceptors (Lipinski definition) is 5. The number of halogens is 1. The molecule has 0 saturated heterocycles. The highest BCUT2D eigenvalue weighted by atomic mass is 35.5. The molecule has 8 heteroatoms. The SMILES string of the molecule is Cc1cc2nc(-c3ccc4c(c3)C(C)(C)C(=O)N4C)sc2c(-c2ccc(Cl)cc2)c1C(OC(C)(C)C)C(=O)O. The zero-order valence-electron chi connectivity index (χ0n) is 23.0. The van der Waals surface area contributed by atoms with E-state index in [2.05, 4.69) is 0 Å². The summed E-state index contributed by atoms with van der Waals surface area (Å²) in [6, 6.07) is 15.3. The number of nitrogens with zero attached hydrogens (tertiary/aromatic N) is 2. The number of carbonyl (C=O) groups excluding carboxylic acids is 1. The number of aryl methyl sites for hydroxylation is 1. The van der Waals surface area contributed by atoms with Crippen LogP contribution in [0.5, 0.6) is 0 Å². The van der Waals surface area contributed by atoms with E-state index >= 15 is 0 Å². The van der Waals surface area contributed by atoms with Crippen molar-refractivity contribution in [2.45, 2.75) is 58.7 Å². The van der Waals surface area contributed by atoms with Crippen LogP contribution in [-0.4, -0.2) is 34.6 Å². The zero-order chi connectivity index (χ0) is 28.4. The largest absolute Gasteiger partial charge is 0.479 e. The number of thiazole rings is 1. The van der Waals surface area contributed by atoms with Gasteiger partial charge in [0, 0.05) is 34.4 Å². The van der Waals surface area contributed by atoms with Crippen LogP contribution in [0.2, 0.25) is 5.02 Å². The Labute approximate surface area is 237 Å². The Hall–Kier alpha value is -3.26. The van der Waals surface area contributed by atoms with Gasteiger partial charge < -0.3 is 14.7 Å². The number of hydrogen-bond donors (Lipinski definition) is 1. The number of amides is 1. The van der Waals surface area contributed by atoms with Gasteiger partial charge >= 0.3 is 5.97 Å². The van der Waals surface area contributed by atoms with Gasteiger partial charge in [0.2, 0.25) is 5.91 Å². The highest BCUT2D eigenvalue weighted by molar-refractivity contribution is 7.22. The summed E-state index contributed by atoms with van der Waals surface area (Å²) in [6.45, 7) is 11.3. The van der Waals surface area contributed by atoms with E-state index in [-0.39, 0.29) is 5.91 Å². The molecule has 0 bridgehead atoms. The van der Waals surface area contributed by atoms with Crippen molar-refractivity contribution in [2.75, 3.05) is 11.9 Å². The standard InChI is InChI=1S/C31H31ClN2O4S/c1-16-14-21-26(39-27(33-21)18-10-13-22-20(15-18)31(5,6)29(37)34(22)7)24(17-8-11-19(32)12-9-17)23(16)25(28(35)36)38-30(2,3)4/h8-15,25H,1-7H3,(H,35,36). The summed E-state index contributed by atoms with van der Waals surface area (Å²) in [4.78, 5) is 32.1. The number of carboxylic acids is 1. The van der Waals surface area contributed by atoms with Crippen molar-refractivity contribution in [3.8, 4) is 21.7 Å². The van der Waals surface area contributed by atoms with Crippen LogP contribution in [0.1, 0.15) is 57.4 Å². The van der Waals surface area contributed by atoms with Gasteiger partial charge in [-0.25, -0.2) is 9.78 Å². The third-order valence-corrected chi connectivity index (χ3v) is 8.53. The zero-order valence-corrected chi connectivity index (χ0v) is 24.6. The molecule has 39 heavy (non-hydrogen) atoms. The predicted octanol–water partition coefficient (Wildman–Crippen LogP) is 7.79. The Balaban J connectivity index is 1.76. The Morgan fingerprint density at radius 1 is 1.10 bits per heavy atom. The first kappa shape index (κ1) is 27.3. The summed E-state index contributed by atoms with van der Waals surface area (Å²) in [6.07, 6.45) is -1.17. The first-order valence-corrected chi connectivity index (χ1v) is 13.9. The molecule has 202 valence electrons. The Morgan fingerprint density at radius 2 is 1.74 bits per heavy atom. The van der Waals surface area contributed by atoms with Crippen LogP contribution in [0.4, 0.5) is 5.69 Å². The molecular weight excluding hydrogens is 532 g/mol. The van der Waals surface area contributed by atoms with E-state index in [1.807, 2.05) is 77.9 Å². The molecule has 2 heterocycles. The molecule has 1 unspecified atom stereocenters. The van der Waals surface area contributed by atoms with Gasteiger partial charge in [-0.3, -0.25) is 4.79 Å². The minimum Gasteiger partial charge on any atom is -0.479 e. The lowest BCUT2D eigenvalue weighted by Gasteiger charge is -2.28. The number of carboxylic acid groups (broad SMARTS) is 1. The highest BCUT2D eigenvalue weighted by Gasteiger charge is 2.42. The molecule has 4 aromatic rings. The van der Waals surface area contributed by atoms with Gasteiger partial charge in [-0.15, -0.1) is 11.3 Å². The van der Waals surface area contributed by atoms with E-state index in [1.165, 1.54) is 11.3 Å². The molecule has 1 aliphatic heterocycles. The van der Waals surface area contributed by atoms with E-state index in [0.29, 0.717) is 10.6 Å². The van der Waals surface area contributed by atoms with Crippen LogP contribution in [-0.2, 0) is 19.7 Å². The molecule has 0 fully saturated rings. The number of fused-ring (bicyclic) bond motifs is 2. The first-order chi connectivity index (χ1) is 18.2. The van der Waals surface area contributed by atoms with Gasteiger partial charge in [0.25, 0.3) is 0 Å². The minimum atomic E-state index is -1.17. The normalized spacial score (nSPS) is 15.6. The van der Waals surface area contributed by atoms with Crippen LogP contribution in [0, 0.1) is 6.92 Å². The number of benzene rings is 3. The van der Waals surface area contributed by atoms with Crippen molar-refractivity contribution in [3.63, 3.8) is 0 Å². The van der Waals surface area contributed by atoms with Crippen LogP contribution in [0.3, 0.4) is 0 Å². The molecule has 1 aliphatic rings. The lowest BCUT2D eigenvalue weighted by molar-refractivity contribution is -0.160. The fourth-order valence-electron chi connectivity index (χ4n) is 5.27. The van der Waals surface area contributed by atoms with Crippen molar-refractivity contribution in [1.82, 2.24) is 4.98 Å². The van der Waals surface area contributed by atoms with Crippen molar-refractivity contribution in [3.05, 3.63) is 70.2 Å². The summed E-state index contributed by atoms with van der Waals surface area (Å²) >= 11 is 7.71. The van der Waals surface area contributed by atoms with Crippen LogP contribution in [0.15, 0.2) is 48.5 Å². The maximum absolute atomic E-state index is 12.8. The molecule has 0 saturated carbocycles. The Bertz CT molecular complexity index is 1630. The molecule has 1 amide bonds. The molecule has 0 spiro atoms. The van der Waals surface area contributed by atoms with E-state index in [0.717, 1.165) is 48.7 Å². The number of anilines is 1. The molecule has 6 nitrogen and oxygen atoms in total. The lowest BCUT2D eigenvalue weighted by atomic mass is 9.85. The van der Waals surface area contributed by atoms with E-state index in [4.69, 9.17) is 21.3 Å². The quantitative estimate of drug-likeness (QED) is 0.268. The second kappa shape index (κ2) is 9.44. The maximum Gasteiger partial charge on any atom is 0.337 e. The molecule has 1 N–H and O–H groups in total. The minimum absolute atomic E-state index is 0.0581. The monoisotopic (exact) mass is 562 g/mol. The van der Waals surface area contributed by atoms with Crippen molar-refractivity contribution >= 4 is 50.7 Å². The summed E-state index contributed by atoms with van der Waals surface area (Å²) in [7, 11) is 1.80. The predicted molar refractivity (Wildman–Crippen MR) is 158 cm³/mol. The average Bonchev–Trinajstić information content (AvgIpc) is 3.35. The molecular formula is C31H31ClN2O4S. The van der Waals surface area contributed by atoms with Gasteiger partial charge in [0.1, 0.15) is 5.01 Å². The molecule has 0 aliphatic carbocycles. The number of aliphatic carboxylic acids is 1. The van der Waals surface area contributed by atoms with Gasteiger partial charge in [-0.05, 0) is 94.6 Å². The summed E-state index contributed by atoms with van der Waals surface area (Å²) in [5, 5.41) is 11.7. The van der Waals surface area contributed by atoms with E-state index < -0.39 is 23.1 Å². The Kier molecular flexibility index (Phi) is 6.61. The average molecular weight is 563 g/mol. The van der Waals surface area contributed by atoms with E-state index in [1.54, 1.807) is 24.1 Å². The van der Waals surface area contributed by atoms with Gasteiger partial charge in [-0.2, -0.15) is 0 Å². The van der Waals surface area contributed by atoms with E-state index in [9.17, 15) is 14.7 Å².